The molecule has 0 aliphatic heterocycles. The number of aromatic nitrogens is 1. The van der Waals surface area contributed by atoms with E-state index in [2.05, 4.69) is 10.3 Å². The van der Waals surface area contributed by atoms with Crippen LogP contribution in [0.5, 0.6) is 0 Å². The van der Waals surface area contributed by atoms with E-state index in [1.165, 1.54) is 12.1 Å². The van der Waals surface area contributed by atoms with Crippen molar-refractivity contribution in [3.8, 4) is 0 Å². The second-order valence-electron chi connectivity index (χ2n) is 5.22. The zero-order chi connectivity index (χ0) is 13.3. The summed E-state index contributed by atoms with van der Waals surface area (Å²) in [7, 11) is 0. The standard InChI is InChI=1S/C14H15FN2O/c1-14(2,3)13(18)17-12-6-7-16-11-5-4-9(15)8-10(11)12/h4-8H,1-3H3,(H,16,17,18). The van der Waals surface area contributed by atoms with Gasteiger partial charge in [0.05, 0.1) is 11.2 Å². The van der Waals surface area contributed by atoms with Crippen LogP contribution in [0.25, 0.3) is 10.9 Å². The second-order valence-corrected chi connectivity index (χ2v) is 5.22. The number of fused-ring (bicyclic) bond motifs is 1. The lowest BCUT2D eigenvalue weighted by atomic mass is 9.95. The summed E-state index contributed by atoms with van der Waals surface area (Å²) in [5.41, 5.74) is 0.741. The Morgan fingerprint density at radius 3 is 2.67 bits per heavy atom. The van der Waals surface area contributed by atoms with E-state index in [1.807, 2.05) is 20.8 Å². The van der Waals surface area contributed by atoms with E-state index in [-0.39, 0.29) is 11.7 Å². The first-order chi connectivity index (χ1) is 8.38. The van der Waals surface area contributed by atoms with Gasteiger partial charge in [-0.1, -0.05) is 20.8 Å². The summed E-state index contributed by atoms with van der Waals surface area (Å²) in [6.07, 6.45) is 1.60. The number of rotatable bonds is 1. The predicted molar refractivity (Wildman–Crippen MR) is 69.8 cm³/mol. The van der Waals surface area contributed by atoms with Crippen LogP contribution in [0.15, 0.2) is 30.5 Å². The molecule has 0 unspecified atom stereocenters. The molecule has 0 fully saturated rings. The fraction of sp³-hybridized carbons (Fsp3) is 0.286. The number of carbonyl (C=O) groups excluding carboxylic acids is 1. The number of nitrogens with one attached hydrogen (secondary N) is 1. The third kappa shape index (κ3) is 2.47. The maximum atomic E-state index is 13.2. The zero-order valence-electron chi connectivity index (χ0n) is 10.6. The molecule has 0 bridgehead atoms. The van der Waals surface area contributed by atoms with Gasteiger partial charge in [0.25, 0.3) is 0 Å². The van der Waals surface area contributed by atoms with Gasteiger partial charge in [-0.15, -0.1) is 0 Å². The molecule has 1 aromatic carbocycles. The first kappa shape index (κ1) is 12.5. The molecule has 0 aliphatic carbocycles. The lowest BCUT2D eigenvalue weighted by Crippen LogP contribution is -2.27. The molecule has 4 heteroatoms. The SMILES string of the molecule is CC(C)(C)C(=O)Nc1ccnc2ccc(F)cc12. The molecule has 3 nitrogen and oxygen atoms in total. The van der Waals surface area contributed by atoms with Crippen LogP contribution in [0, 0.1) is 11.2 Å². The monoisotopic (exact) mass is 246 g/mol. The Morgan fingerprint density at radius 2 is 2.00 bits per heavy atom. The highest BCUT2D eigenvalue weighted by molar-refractivity contribution is 6.02. The Kier molecular flexibility index (Phi) is 3.03. The Morgan fingerprint density at radius 1 is 1.28 bits per heavy atom. The van der Waals surface area contributed by atoms with E-state index in [4.69, 9.17) is 0 Å². The molecule has 1 aromatic heterocycles. The molecular weight excluding hydrogens is 231 g/mol. The molecule has 2 rings (SSSR count). The molecule has 1 heterocycles. The third-order valence-corrected chi connectivity index (χ3v) is 2.63. The van der Waals surface area contributed by atoms with Crippen LogP contribution in [0.1, 0.15) is 20.8 Å². The van der Waals surface area contributed by atoms with Crippen molar-refractivity contribution in [2.24, 2.45) is 5.41 Å². The topological polar surface area (TPSA) is 42.0 Å². The quantitative estimate of drug-likeness (QED) is 0.838. The zero-order valence-corrected chi connectivity index (χ0v) is 10.6. The second kappa shape index (κ2) is 4.37. The van der Waals surface area contributed by atoms with Crippen LogP contribution in [0.2, 0.25) is 0 Å². The number of hydrogen-bond donors (Lipinski definition) is 1. The number of amides is 1. The van der Waals surface area contributed by atoms with Crippen molar-refractivity contribution in [1.82, 2.24) is 4.98 Å². The maximum Gasteiger partial charge on any atom is 0.229 e. The Labute approximate surface area is 105 Å². The van der Waals surface area contributed by atoms with Gasteiger partial charge in [0, 0.05) is 17.0 Å². The highest BCUT2D eigenvalue weighted by Crippen LogP contribution is 2.24. The van der Waals surface area contributed by atoms with Crippen LogP contribution in [0.4, 0.5) is 10.1 Å². The van der Waals surface area contributed by atoms with E-state index >= 15 is 0 Å². The fourth-order valence-corrected chi connectivity index (χ4v) is 1.54. The molecule has 0 spiro atoms. The summed E-state index contributed by atoms with van der Waals surface area (Å²) >= 11 is 0. The summed E-state index contributed by atoms with van der Waals surface area (Å²) in [5, 5.41) is 3.41. The Hall–Kier alpha value is -1.97. The molecule has 0 radical (unpaired) electrons. The van der Waals surface area contributed by atoms with Crippen LogP contribution < -0.4 is 5.32 Å². The highest BCUT2D eigenvalue weighted by Gasteiger charge is 2.21. The lowest BCUT2D eigenvalue weighted by molar-refractivity contribution is -0.123. The Bertz CT molecular complexity index is 602. The molecule has 94 valence electrons. The summed E-state index contributed by atoms with van der Waals surface area (Å²) in [6, 6.07) is 5.99. The molecule has 0 aliphatic rings. The number of halogens is 1. The van der Waals surface area contributed by atoms with Gasteiger partial charge in [-0.05, 0) is 24.3 Å². The number of anilines is 1. The van der Waals surface area contributed by atoms with Crippen molar-refractivity contribution >= 4 is 22.5 Å². The fourth-order valence-electron chi connectivity index (χ4n) is 1.54. The summed E-state index contributed by atoms with van der Waals surface area (Å²) < 4.78 is 13.2. The summed E-state index contributed by atoms with van der Waals surface area (Å²) in [4.78, 5) is 16.1. The third-order valence-electron chi connectivity index (χ3n) is 2.63. The summed E-state index contributed by atoms with van der Waals surface area (Å²) in [6.45, 7) is 5.48. The molecule has 2 aromatic rings. The van der Waals surface area contributed by atoms with Crippen molar-refractivity contribution in [1.29, 1.82) is 0 Å². The number of hydrogen-bond acceptors (Lipinski definition) is 2. The smallest absolute Gasteiger partial charge is 0.229 e. The lowest BCUT2D eigenvalue weighted by Gasteiger charge is -2.18. The van der Waals surface area contributed by atoms with Crippen LogP contribution >= 0.6 is 0 Å². The molecule has 0 atom stereocenters. The summed E-state index contributed by atoms with van der Waals surface area (Å²) in [5.74, 6) is -0.457. The van der Waals surface area contributed by atoms with Gasteiger partial charge in [-0.25, -0.2) is 4.39 Å². The van der Waals surface area contributed by atoms with E-state index in [1.54, 1.807) is 18.3 Å². The van der Waals surface area contributed by atoms with Crippen LogP contribution in [-0.2, 0) is 4.79 Å². The van der Waals surface area contributed by atoms with Crippen LogP contribution in [0.3, 0.4) is 0 Å². The largest absolute Gasteiger partial charge is 0.325 e. The number of pyridine rings is 1. The number of nitrogens with zero attached hydrogens (tertiary/aromatic N) is 1. The van der Waals surface area contributed by atoms with Gasteiger partial charge < -0.3 is 5.32 Å². The van der Waals surface area contributed by atoms with E-state index in [9.17, 15) is 9.18 Å². The first-order valence-electron chi connectivity index (χ1n) is 5.73. The Balaban J connectivity index is 2.45. The molecule has 18 heavy (non-hydrogen) atoms. The van der Waals surface area contributed by atoms with Gasteiger partial charge in [0.15, 0.2) is 0 Å². The van der Waals surface area contributed by atoms with Gasteiger partial charge in [-0.3, -0.25) is 9.78 Å². The van der Waals surface area contributed by atoms with Gasteiger partial charge in [-0.2, -0.15) is 0 Å². The van der Waals surface area contributed by atoms with Gasteiger partial charge >= 0.3 is 0 Å². The predicted octanol–water partition coefficient (Wildman–Crippen LogP) is 3.36. The van der Waals surface area contributed by atoms with Crippen molar-refractivity contribution < 1.29 is 9.18 Å². The van der Waals surface area contributed by atoms with Crippen molar-refractivity contribution in [3.05, 3.63) is 36.3 Å². The maximum absolute atomic E-state index is 13.2. The van der Waals surface area contributed by atoms with E-state index in [0.717, 1.165) is 0 Å². The van der Waals surface area contributed by atoms with Gasteiger partial charge in [0.1, 0.15) is 5.82 Å². The van der Waals surface area contributed by atoms with Gasteiger partial charge in [0.2, 0.25) is 5.91 Å². The van der Waals surface area contributed by atoms with Crippen molar-refractivity contribution in [2.75, 3.05) is 5.32 Å². The van der Waals surface area contributed by atoms with E-state index < -0.39 is 5.41 Å². The van der Waals surface area contributed by atoms with Crippen molar-refractivity contribution in [3.63, 3.8) is 0 Å². The normalized spacial score (nSPS) is 11.6. The minimum Gasteiger partial charge on any atom is -0.325 e. The average Bonchev–Trinajstić information content (AvgIpc) is 2.28. The number of benzene rings is 1. The number of carbonyl (C=O) groups is 1. The molecule has 1 N–H and O–H groups in total. The molecule has 1 amide bonds. The minimum atomic E-state index is -0.497. The first-order valence-corrected chi connectivity index (χ1v) is 5.73. The minimum absolute atomic E-state index is 0.112. The van der Waals surface area contributed by atoms with Crippen LogP contribution in [-0.4, -0.2) is 10.9 Å². The molecule has 0 saturated carbocycles. The molecule has 0 saturated heterocycles. The molecular formula is C14H15FN2O. The van der Waals surface area contributed by atoms with Crippen molar-refractivity contribution in [2.45, 2.75) is 20.8 Å². The average molecular weight is 246 g/mol. The highest BCUT2D eigenvalue weighted by atomic mass is 19.1. The van der Waals surface area contributed by atoms with E-state index in [0.29, 0.717) is 16.6 Å².